The second kappa shape index (κ2) is 4.31. The van der Waals surface area contributed by atoms with Crippen LogP contribution in [0.3, 0.4) is 0 Å². The lowest BCUT2D eigenvalue weighted by Crippen LogP contribution is -2.47. The first-order chi connectivity index (χ1) is 7.52. The van der Waals surface area contributed by atoms with Crippen LogP contribution in [0.15, 0.2) is 0 Å². The van der Waals surface area contributed by atoms with Crippen molar-refractivity contribution in [3.05, 3.63) is 0 Å². The molecule has 0 saturated carbocycles. The Morgan fingerprint density at radius 1 is 1.69 bits per heavy atom. The number of aliphatic hydroxyl groups is 1. The number of carbonyl (C=O) groups is 1. The lowest BCUT2D eigenvalue weighted by atomic mass is 9.91. The molecule has 1 spiro atoms. The van der Waals surface area contributed by atoms with Crippen molar-refractivity contribution in [2.24, 2.45) is 5.73 Å². The smallest absolute Gasteiger partial charge is 0.239 e. The number of aliphatic hydroxyl groups excluding tert-OH is 1. The van der Waals surface area contributed by atoms with Crippen molar-refractivity contribution in [2.75, 3.05) is 19.7 Å². The number of ether oxygens (including phenoxy) is 1. The molecule has 2 rings (SSSR count). The Hall–Kier alpha value is -0.650. The van der Waals surface area contributed by atoms with Crippen LogP contribution in [0.25, 0.3) is 0 Å². The Morgan fingerprint density at radius 2 is 2.44 bits per heavy atom. The largest absolute Gasteiger partial charge is 0.393 e. The average molecular weight is 228 g/mol. The fourth-order valence-electron chi connectivity index (χ4n) is 2.61. The Bertz CT molecular complexity index is 282. The van der Waals surface area contributed by atoms with Crippen LogP contribution in [-0.4, -0.2) is 53.4 Å². The molecule has 3 atom stereocenters. The predicted octanol–water partition coefficient (Wildman–Crippen LogP) is -0.524. The van der Waals surface area contributed by atoms with Gasteiger partial charge in [-0.2, -0.15) is 0 Å². The highest BCUT2D eigenvalue weighted by Gasteiger charge is 2.44. The van der Waals surface area contributed by atoms with Crippen LogP contribution in [0.2, 0.25) is 0 Å². The Morgan fingerprint density at radius 3 is 3.06 bits per heavy atom. The van der Waals surface area contributed by atoms with Gasteiger partial charge in [0.2, 0.25) is 5.91 Å². The molecule has 0 unspecified atom stereocenters. The number of amides is 1. The third kappa shape index (κ3) is 2.21. The van der Waals surface area contributed by atoms with Crippen molar-refractivity contribution < 1.29 is 14.6 Å². The van der Waals surface area contributed by atoms with Crippen LogP contribution in [0.5, 0.6) is 0 Å². The van der Waals surface area contributed by atoms with Gasteiger partial charge >= 0.3 is 0 Å². The first kappa shape index (κ1) is 11.8. The van der Waals surface area contributed by atoms with E-state index in [2.05, 4.69) is 0 Å². The van der Waals surface area contributed by atoms with Gasteiger partial charge in [0.1, 0.15) is 0 Å². The SMILES string of the molecule is C[C@H](N)C(=O)N1CC[C@]2(C[C@@H](O)CCO2)C1. The molecular weight excluding hydrogens is 208 g/mol. The molecule has 2 aliphatic rings. The number of hydrogen-bond acceptors (Lipinski definition) is 4. The lowest BCUT2D eigenvalue weighted by Gasteiger charge is -2.36. The summed E-state index contributed by atoms with van der Waals surface area (Å²) >= 11 is 0. The molecule has 2 fully saturated rings. The van der Waals surface area contributed by atoms with Crippen LogP contribution < -0.4 is 5.73 Å². The molecule has 0 aromatic rings. The number of nitrogens with zero attached hydrogens (tertiary/aromatic N) is 1. The van der Waals surface area contributed by atoms with E-state index in [4.69, 9.17) is 10.5 Å². The summed E-state index contributed by atoms with van der Waals surface area (Å²) in [6, 6.07) is -0.455. The maximum absolute atomic E-state index is 11.7. The van der Waals surface area contributed by atoms with E-state index < -0.39 is 6.04 Å². The fraction of sp³-hybridized carbons (Fsp3) is 0.909. The molecule has 5 nitrogen and oxygen atoms in total. The van der Waals surface area contributed by atoms with Crippen molar-refractivity contribution in [1.29, 1.82) is 0 Å². The summed E-state index contributed by atoms with van der Waals surface area (Å²) in [7, 11) is 0. The van der Waals surface area contributed by atoms with Crippen molar-refractivity contribution in [3.63, 3.8) is 0 Å². The Balaban J connectivity index is 1.98. The zero-order valence-corrected chi connectivity index (χ0v) is 9.69. The predicted molar refractivity (Wildman–Crippen MR) is 58.8 cm³/mol. The van der Waals surface area contributed by atoms with Crippen molar-refractivity contribution in [3.8, 4) is 0 Å². The molecule has 0 aromatic carbocycles. The average Bonchev–Trinajstić information content (AvgIpc) is 2.60. The van der Waals surface area contributed by atoms with E-state index >= 15 is 0 Å². The zero-order chi connectivity index (χ0) is 11.8. The van der Waals surface area contributed by atoms with Crippen LogP contribution in [0.4, 0.5) is 0 Å². The molecule has 2 aliphatic heterocycles. The van der Waals surface area contributed by atoms with Gasteiger partial charge in [0.05, 0.1) is 17.7 Å². The molecule has 5 heteroatoms. The molecule has 0 radical (unpaired) electrons. The van der Waals surface area contributed by atoms with E-state index in [-0.39, 0.29) is 17.6 Å². The van der Waals surface area contributed by atoms with Gasteiger partial charge in [0.15, 0.2) is 0 Å². The van der Waals surface area contributed by atoms with Crippen LogP contribution >= 0.6 is 0 Å². The third-order valence-corrected chi connectivity index (χ3v) is 3.48. The molecule has 92 valence electrons. The van der Waals surface area contributed by atoms with Gasteiger partial charge in [-0.15, -0.1) is 0 Å². The zero-order valence-electron chi connectivity index (χ0n) is 9.69. The highest BCUT2D eigenvalue weighted by atomic mass is 16.5. The summed E-state index contributed by atoms with van der Waals surface area (Å²) in [5.41, 5.74) is 5.26. The highest BCUT2D eigenvalue weighted by Crippen LogP contribution is 2.34. The quantitative estimate of drug-likeness (QED) is 0.633. The molecule has 0 aromatic heterocycles. The first-order valence-electron chi connectivity index (χ1n) is 5.89. The molecular formula is C11H20N2O3. The van der Waals surface area contributed by atoms with Crippen LogP contribution in [-0.2, 0) is 9.53 Å². The minimum Gasteiger partial charge on any atom is -0.393 e. The van der Waals surface area contributed by atoms with Gasteiger partial charge in [-0.1, -0.05) is 0 Å². The molecule has 3 N–H and O–H groups in total. The summed E-state index contributed by atoms with van der Waals surface area (Å²) in [4.78, 5) is 13.5. The number of likely N-dealkylation sites (tertiary alicyclic amines) is 1. The number of rotatable bonds is 1. The van der Waals surface area contributed by atoms with E-state index in [9.17, 15) is 9.90 Å². The lowest BCUT2D eigenvalue weighted by molar-refractivity contribution is -0.136. The molecule has 2 heterocycles. The normalized spacial score (nSPS) is 36.7. The minimum absolute atomic E-state index is 0.0273. The van der Waals surface area contributed by atoms with Crippen LogP contribution in [0, 0.1) is 0 Å². The van der Waals surface area contributed by atoms with Gasteiger partial charge in [0.25, 0.3) is 0 Å². The van der Waals surface area contributed by atoms with Crippen molar-refractivity contribution in [1.82, 2.24) is 4.90 Å². The van der Waals surface area contributed by atoms with Crippen molar-refractivity contribution in [2.45, 2.75) is 43.9 Å². The topological polar surface area (TPSA) is 75.8 Å². The Labute approximate surface area is 95.5 Å². The van der Waals surface area contributed by atoms with Crippen LogP contribution in [0.1, 0.15) is 26.2 Å². The molecule has 16 heavy (non-hydrogen) atoms. The fourth-order valence-corrected chi connectivity index (χ4v) is 2.61. The van der Waals surface area contributed by atoms with E-state index in [1.54, 1.807) is 11.8 Å². The van der Waals surface area contributed by atoms with Gasteiger partial charge in [-0.3, -0.25) is 4.79 Å². The standard InChI is InChI=1S/C11H20N2O3/c1-8(12)10(15)13-4-3-11(7-13)6-9(14)2-5-16-11/h8-9,14H,2-7,12H2,1H3/t8-,9-,11-/m0/s1. The second-order valence-corrected chi connectivity index (χ2v) is 4.98. The summed E-state index contributed by atoms with van der Waals surface area (Å²) in [5, 5.41) is 9.66. The van der Waals surface area contributed by atoms with Gasteiger partial charge in [-0.05, 0) is 19.8 Å². The molecule has 1 amide bonds. The van der Waals surface area contributed by atoms with Gasteiger partial charge in [-0.25, -0.2) is 0 Å². The number of carbonyl (C=O) groups excluding carboxylic acids is 1. The number of hydrogen-bond donors (Lipinski definition) is 2. The summed E-state index contributed by atoms with van der Waals surface area (Å²) in [6.45, 7) is 3.54. The molecule has 2 saturated heterocycles. The third-order valence-electron chi connectivity index (χ3n) is 3.48. The summed E-state index contributed by atoms with van der Waals surface area (Å²) in [6.07, 6.45) is 1.85. The maximum Gasteiger partial charge on any atom is 0.239 e. The monoisotopic (exact) mass is 228 g/mol. The number of nitrogens with two attached hydrogens (primary N) is 1. The van der Waals surface area contributed by atoms with E-state index in [1.165, 1.54) is 0 Å². The first-order valence-corrected chi connectivity index (χ1v) is 5.89. The van der Waals surface area contributed by atoms with Gasteiger partial charge < -0.3 is 20.5 Å². The van der Waals surface area contributed by atoms with Crippen molar-refractivity contribution >= 4 is 5.91 Å². The Kier molecular flexibility index (Phi) is 3.19. The maximum atomic E-state index is 11.7. The molecule has 0 bridgehead atoms. The van der Waals surface area contributed by atoms with E-state index in [1.807, 2.05) is 0 Å². The van der Waals surface area contributed by atoms with Gasteiger partial charge in [0, 0.05) is 26.1 Å². The second-order valence-electron chi connectivity index (χ2n) is 4.98. The van der Waals surface area contributed by atoms with E-state index in [0.717, 1.165) is 6.42 Å². The molecule has 0 aliphatic carbocycles. The van der Waals surface area contributed by atoms with E-state index in [0.29, 0.717) is 32.5 Å². The summed E-state index contributed by atoms with van der Waals surface area (Å²) in [5.74, 6) is -0.0273. The summed E-state index contributed by atoms with van der Waals surface area (Å²) < 4.78 is 5.76. The minimum atomic E-state index is -0.455. The highest BCUT2D eigenvalue weighted by molar-refractivity contribution is 5.81.